The summed E-state index contributed by atoms with van der Waals surface area (Å²) >= 11 is 0. The standard InChI is InChI=1S/C14H28N2O2/c1-2-13-12(8-10-18-13)11-16-14(17)7-5-3-4-6-9-15/h12-13H,2-11,15H2,1H3,(H,16,17). The molecule has 18 heavy (non-hydrogen) atoms. The topological polar surface area (TPSA) is 64.3 Å². The van der Waals surface area contributed by atoms with Crippen molar-refractivity contribution in [2.45, 2.75) is 58.0 Å². The SMILES string of the molecule is CCC1OCCC1CNC(=O)CCCCCCN. The number of carbonyl (C=O) groups excluding carboxylic acids is 1. The van der Waals surface area contributed by atoms with Crippen molar-refractivity contribution in [1.29, 1.82) is 0 Å². The third kappa shape index (κ3) is 5.83. The van der Waals surface area contributed by atoms with Crippen molar-refractivity contribution in [1.82, 2.24) is 5.32 Å². The van der Waals surface area contributed by atoms with Crippen LogP contribution < -0.4 is 11.1 Å². The van der Waals surface area contributed by atoms with E-state index >= 15 is 0 Å². The van der Waals surface area contributed by atoms with Gasteiger partial charge in [0.1, 0.15) is 0 Å². The Balaban J connectivity index is 2.02. The van der Waals surface area contributed by atoms with E-state index in [4.69, 9.17) is 10.5 Å². The van der Waals surface area contributed by atoms with Crippen molar-refractivity contribution < 1.29 is 9.53 Å². The summed E-state index contributed by atoms with van der Waals surface area (Å²) in [5.41, 5.74) is 5.42. The van der Waals surface area contributed by atoms with Gasteiger partial charge in [-0.1, -0.05) is 19.8 Å². The predicted octanol–water partition coefficient (Wildman–Crippen LogP) is 1.83. The molecule has 0 aromatic rings. The van der Waals surface area contributed by atoms with Crippen LogP contribution in [0.25, 0.3) is 0 Å². The molecule has 1 aliphatic heterocycles. The van der Waals surface area contributed by atoms with Crippen LogP contribution in [0.1, 0.15) is 51.9 Å². The molecule has 106 valence electrons. The van der Waals surface area contributed by atoms with E-state index < -0.39 is 0 Å². The second-order valence-electron chi connectivity index (χ2n) is 5.12. The highest BCUT2D eigenvalue weighted by Gasteiger charge is 2.26. The van der Waals surface area contributed by atoms with Crippen molar-refractivity contribution in [3.05, 3.63) is 0 Å². The van der Waals surface area contributed by atoms with E-state index in [1.165, 1.54) is 0 Å². The van der Waals surface area contributed by atoms with Crippen LogP contribution in [0, 0.1) is 5.92 Å². The van der Waals surface area contributed by atoms with Gasteiger partial charge in [0, 0.05) is 25.5 Å². The van der Waals surface area contributed by atoms with Gasteiger partial charge in [-0.25, -0.2) is 0 Å². The molecular weight excluding hydrogens is 228 g/mol. The fraction of sp³-hybridized carbons (Fsp3) is 0.929. The molecule has 0 aliphatic carbocycles. The van der Waals surface area contributed by atoms with Crippen LogP contribution >= 0.6 is 0 Å². The highest BCUT2D eigenvalue weighted by atomic mass is 16.5. The largest absolute Gasteiger partial charge is 0.378 e. The van der Waals surface area contributed by atoms with Crippen LogP contribution in [0.5, 0.6) is 0 Å². The molecule has 0 aromatic carbocycles. The lowest BCUT2D eigenvalue weighted by Gasteiger charge is -2.17. The number of rotatable bonds is 9. The first-order valence-electron chi connectivity index (χ1n) is 7.36. The molecular formula is C14H28N2O2. The minimum atomic E-state index is 0.185. The Bertz CT molecular complexity index is 234. The number of hydrogen-bond acceptors (Lipinski definition) is 3. The first-order chi connectivity index (χ1) is 8.77. The van der Waals surface area contributed by atoms with Gasteiger partial charge in [0.25, 0.3) is 0 Å². The maximum atomic E-state index is 11.7. The zero-order valence-corrected chi connectivity index (χ0v) is 11.6. The fourth-order valence-corrected chi connectivity index (χ4v) is 2.49. The molecule has 1 saturated heterocycles. The highest BCUT2D eigenvalue weighted by Crippen LogP contribution is 2.22. The molecule has 3 N–H and O–H groups in total. The number of unbranched alkanes of at least 4 members (excludes halogenated alkanes) is 3. The van der Waals surface area contributed by atoms with Gasteiger partial charge in [-0.15, -0.1) is 0 Å². The summed E-state index contributed by atoms with van der Waals surface area (Å²) in [6.07, 6.45) is 7.40. The highest BCUT2D eigenvalue weighted by molar-refractivity contribution is 5.75. The van der Waals surface area contributed by atoms with E-state index in [0.29, 0.717) is 18.4 Å². The molecule has 2 unspecified atom stereocenters. The van der Waals surface area contributed by atoms with Gasteiger partial charge in [0.2, 0.25) is 5.91 Å². The summed E-state index contributed by atoms with van der Waals surface area (Å²) in [5.74, 6) is 0.695. The van der Waals surface area contributed by atoms with Gasteiger partial charge < -0.3 is 15.8 Å². The van der Waals surface area contributed by atoms with E-state index in [1.807, 2.05) is 0 Å². The molecule has 0 radical (unpaired) electrons. The summed E-state index contributed by atoms with van der Waals surface area (Å²) in [6.45, 7) is 4.52. The van der Waals surface area contributed by atoms with E-state index in [9.17, 15) is 4.79 Å². The van der Waals surface area contributed by atoms with Crippen LogP contribution in [0.15, 0.2) is 0 Å². The fourth-order valence-electron chi connectivity index (χ4n) is 2.49. The van der Waals surface area contributed by atoms with E-state index in [1.54, 1.807) is 0 Å². The van der Waals surface area contributed by atoms with E-state index in [-0.39, 0.29) is 5.91 Å². The van der Waals surface area contributed by atoms with E-state index in [2.05, 4.69) is 12.2 Å². The maximum Gasteiger partial charge on any atom is 0.220 e. The minimum Gasteiger partial charge on any atom is -0.378 e. The van der Waals surface area contributed by atoms with Crippen molar-refractivity contribution in [2.75, 3.05) is 19.7 Å². The second kappa shape index (κ2) is 9.34. The number of hydrogen-bond donors (Lipinski definition) is 2. The van der Waals surface area contributed by atoms with Gasteiger partial charge >= 0.3 is 0 Å². The lowest BCUT2D eigenvalue weighted by Crippen LogP contribution is -2.32. The zero-order chi connectivity index (χ0) is 13.2. The molecule has 4 nitrogen and oxygen atoms in total. The van der Waals surface area contributed by atoms with Crippen LogP contribution in [-0.4, -0.2) is 31.7 Å². The van der Waals surface area contributed by atoms with Crippen LogP contribution in [0.4, 0.5) is 0 Å². The van der Waals surface area contributed by atoms with Crippen molar-refractivity contribution >= 4 is 5.91 Å². The average Bonchev–Trinajstić information content (AvgIpc) is 2.83. The number of carbonyl (C=O) groups is 1. The molecule has 1 amide bonds. The first-order valence-corrected chi connectivity index (χ1v) is 7.36. The van der Waals surface area contributed by atoms with Gasteiger partial charge in [0.05, 0.1) is 6.10 Å². The Morgan fingerprint density at radius 3 is 2.83 bits per heavy atom. The molecule has 4 heteroatoms. The smallest absolute Gasteiger partial charge is 0.220 e. The molecule has 2 atom stereocenters. The van der Waals surface area contributed by atoms with Gasteiger partial charge in [-0.05, 0) is 32.2 Å². The minimum absolute atomic E-state index is 0.185. The average molecular weight is 256 g/mol. The zero-order valence-electron chi connectivity index (χ0n) is 11.6. The van der Waals surface area contributed by atoms with Gasteiger partial charge in [0.15, 0.2) is 0 Å². The molecule has 0 bridgehead atoms. The summed E-state index contributed by atoms with van der Waals surface area (Å²) in [5, 5.41) is 3.04. The summed E-state index contributed by atoms with van der Waals surface area (Å²) in [4.78, 5) is 11.7. The monoisotopic (exact) mass is 256 g/mol. The Labute approximate surface area is 111 Å². The van der Waals surface area contributed by atoms with Crippen LogP contribution in [0.3, 0.4) is 0 Å². The van der Waals surface area contributed by atoms with Crippen molar-refractivity contribution in [3.63, 3.8) is 0 Å². The Morgan fingerprint density at radius 1 is 1.33 bits per heavy atom. The number of amides is 1. The molecule has 0 saturated carbocycles. The molecule has 0 spiro atoms. The summed E-state index contributed by atoms with van der Waals surface area (Å²) in [7, 11) is 0. The third-order valence-corrected chi connectivity index (χ3v) is 3.67. The summed E-state index contributed by atoms with van der Waals surface area (Å²) < 4.78 is 5.61. The number of nitrogens with two attached hydrogens (primary N) is 1. The van der Waals surface area contributed by atoms with Gasteiger partial charge in [-0.3, -0.25) is 4.79 Å². The maximum absolute atomic E-state index is 11.7. The Hall–Kier alpha value is -0.610. The van der Waals surface area contributed by atoms with Crippen molar-refractivity contribution in [2.24, 2.45) is 11.7 Å². The molecule has 1 heterocycles. The molecule has 1 fully saturated rings. The Morgan fingerprint density at radius 2 is 2.11 bits per heavy atom. The lowest BCUT2D eigenvalue weighted by molar-refractivity contribution is -0.121. The normalized spacial score (nSPS) is 23.2. The molecule has 1 aliphatic rings. The van der Waals surface area contributed by atoms with Crippen LogP contribution in [0.2, 0.25) is 0 Å². The molecule has 1 rings (SSSR count). The predicted molar refractivity (Wildman–Crippen MR) is 73.3 cm³/mol. The Kier molecular flexibility index (Phi) is 8.01. The number of ether oxygens (including phenoxy) is 1. The summed E-state index contributed by atoms with van der Waals surface area (Å²) in [6, 6.07) is 0. The van der Waals surface area contributed by atoms with E-state index in [0.717, 1.165) is 58.2 Å². The van der Waals surface area contributed by atoms with Crippen molar-refractivity contribution in [3.8, 4) is 0 Å². The van der Waals surface area contributed by atoms with Crippen LogP contribution in [-0.2, 0) is 9.53 Å². The second-order valence-corrected chi connectivity index (χ2v) is 5.12. The molecule has 0 aromatic heterocycles. The quantitative estimate of drug-likeness (QED) is 0.619. The van der Waals surface area contributed by atoms with Gasteiger partial charge in [-0.2, -0.15) is 0 Å². The lowest BCUT2D eigenvalue weighted by atomic mass is 9.99. The third-order valence-electron chi connectivity index (χ3n) is 3.67. The first kappa shape index (κ1) is 15.4. The number of nitrogens with one attached hydrogen (secondary N) is 1.